The molecule has 1 aliphatic heterocycles. The van der Waals surface area contributed by atoms with E-state index in [1.165, 1.54) is 6.92 Å². The van der Waals surface area contributed by atoms with E-state index >= 15 is 0 Å². The number of piperidine rings is 1. The standard InChI is InChI=1S/C18H24N2O4/c1-13(21)3-8-17(22)19-15-9-11-20(12-10-15)18(23)14-4-6-16(24-2)7-5-14/h4-7,15H,3,8-12H2,1-2H3,(H,19,22). The highest BCUT2D eigenvalue weighted by Gasteiger charge is 2.24. The van der Waals surface area contributed by atoms with Crippen molar-refractivity contribution in [3.8, 4) is 5.75 Å². The summed E-state index contributed by atoms with van der Waals surface area (Å²) in [7, 11) is 1.59. The number of methoxy groups -OCH3 is 1. The Hall–Kier alpha value is -2.37. The van der Waals surface area contributed by atoms with Crippen molar-refractivity contribution in [2.75, 3.05) is 20.2 Å². The molecule has 1 saturated heterocycles. The van der Waals surface area contributed by atoms with Gasteiger partial charge in [-0.3, -0.25) is 9.59 Å². The van der Waals surface area contributed by atoms with Gasteiger partial charge in [0.05, 0.1) is 7.11 Å². The molecule has 2 amide bonds. The van der Waals surface area contributed by atoms with Gasteiger partial charge in [-0.15, -0.1) is 0 Å². The summed E-state index contributed by atoms with van der Waals surface area (Å²) in [6, 6.07) is 7.14. The Morgan fingerprint density at radius 3 is 2.29 bits per heavy atom. The average Bonchev–Trinajstić information content (AvgIpc) is 2.60. The van der Waals surface area contributed by atoms with Gasteiger partial charge >= 0.3 is 0 Å². The van der Waals surface area contributed by atoms with E-state index in [2.05, 4.69) is 5.32 Å². The summed E-state index contributed by atoms with van der Waals surface area (Å²) in [5.41, 5.74) is 0.639. The van der Waals surface area contributed by atoms with Gasteiger partial charge in [0.2, 0.25) is 5.91 Å². The van der Waals surface area contributed by atoms with Gasteiger partial charge in [0.15, 0.2) is 0 Å². The van der Waals surface area contributed by atoms with Crippen molar-refractivity contribution >= 4 is 17.6 Å². The van der Waals surface area contributed by atoms with Crippen LogP contribution in [-0.2, 0) is 9.59 Å². The van der Waals surface area contributed by atoms with E-state index in [0.717, 1.165) is 18.6 Å². The molecule has 0 spiro atoms. The molecule has 0 unspecified atom stereocenters. The molecule has 0 bridgehead atoms. The number of benzene rings is 1. The highest BCUT2D eigenvalue weighted by atomic mass is 16.5. The first-order valence-corrected chi connectivity index (χ1v) is 8.21. The first kappa shape index (κ1) is 18.0. The van der Waals surface area contributed by atoms with Crippen LogP contribution in [0.5, 0.6) is 5.75 Å². The molecule has 0 aliphatic carbocycles. The van der Waals surface area contributed by atoms with E-state index in [9.17, 15) is 14.4 Å². The van der Waals surface area contributed by atoms with Crippen molar-refractivity contribution in [3.63, 3.8) is 0 Å². The third-order valence-corrected chi connectivity index (χ3v) is 4.19. The number of hydrogen-bond donors (Lipinski definition) is 1. The van der Waals surface area contributed by atoms with Gasteiger partial charge in [-0.05, 0) is 44.0 Å². The van der Waals surface area contributed by atoms with E-state index < -0.39 is 0 Å². The molecule has 1 fully saturated rings. The topological polar surface area (TPSA) is 75.7 Å². The summed E-state index contributed by atoms with van der Waals surface area (Å²) >= 11 is 0. The Bertz CT molecular complexity index is 590. The number of ether oxygens (including phenoxy) is 1. The second kappa shape index (κ2) is 8.47. The normalized spacial score (nSPS) is 15.0. The predicted octanol–water partition coefficient (Wildman–Crippen LogP) is 1.79. The van der Waals surface area contributed by atoms with E-state index in [1.807, 2.05) is 0 Å². The molecule has 6 nitrogen and oxygen atoms in total. The molecule has 1 heterocycles. The fourth-order valence-corrected chi connectivity index (χ4v) is 2.73. The fourth-order valence-electron chi connectivity index (χ4n) is 2.73. The number of hydrogen-bond acceptors (Lipinski definition) is 4. The highest BCUT2D eigenvalue weighted by Crippen LogP contribution is 2.17. The molecular weight excluding hydrogens is 308 g/mol. The maximum absolute atomic E-state index is 12.5. The van der Waals surface area contributed by atoms with Crippen LogP contribution in [-0.4, -0.2) is 48.7 Å². The quantitative estimate of drug-likeness (QED) is 0.862. The molecule has 1 aliphatic rings. The van der Waals surface area contributed by atoms with Crippen LogP contribution in [0.1, 0.15) is 43.0 Å². The molecule has 0 saturated carbocycles. The first-order chi connectivity index (χ1) is 11.5. The molecule has 0 atom stereocenters. The summed E-state index contributed by atoms with van der Waals surface area (Å²) in [6.45, 7) is 2.71. The Labute approximate surface area is 142 Å². The number of carbonyl (C=O) groups is 3. The Kier molecular flexibility index (Phi) is 6.35. The number of Topliss-reactive ketones (excluding diaryl/α,β-unsaturated/α-hetero) is 1. The van der Waals surface area contributed by atoms with E-state index in [4.69, 9.17) is 4.74 Å². The zero-order valence-corrected chi connectivity index (χ0v) is 14.2. The third-order valence-electron chi connectivity index (χ3n) is 4.19. The number of carbonyl (C=O) groups excluding carboxylic acids is 3. The molecule has 1 aromatic rings. The number of nitrogens with one attached hydrogen (secondary N) is 1. The van der Waals surface area contributed by atoms with Crippen LogP contribution in [0, 0.1) is 0 Å². The van der Waals surface area contributed by atoms with Crippen molar-refractivity contribution in [3.05, 3.63) is 29.8 Å². The lowest BCUT2D eigenvalue weighted by Crippen LogP contribution is -2.46. The SMILES string of the molecule is COc1ccc(C(=O)N2CCC(NC(=O)CCC(C)=O)CC2)cc1. The zero-order chi connectivity index (χ0) is 17.5. The van der Waals surface area contributed by atoms with Crippen LogP contribution in [0.4, 0.5) is 0 Å². The molecule has 1 N–H and O–H groups in total. The lowest BCUT2D eigenvalue weighted by Gasteiger charge is -2.32. The maximum Gasteiger partial charge on any atom is 0.253 e. The smallest absolute Gasteiger partial charge is 0.253 e. The molecular formula is C18H24N2O4. The van der Waals surface area contributed by atoms with E-state index in [-0.39, 0.29) is 36.5 Å². The van der Waals surface area contributed by atoms with E-state index in [1.54, 1.807) is 36.3 Å². The molecule has 130 valence electrons. The minimum atomic E-state index is -0.0925. The first-order valence-electron chi connectivity index (χ1n) is 8.21. The largest absolute Gasteiger partial charge is 0.497 e. The summed E-state index contributed by atoms with van der Waals surface area (Å²) in [6.07, 6.45) is 1.97. The Morgan fingerprint density at radius 2 is 1.75 bits per heavy atom. The van der Waals surface area contributed by atoms with Crippen LogP contribution < -0.4 is 10.1 Å². The highest BCUT2D eigenvalue weighted by molar-refractivity contribution is 5.94. The van der Waals surface area contributed by atoms with E-state index in [0.29, 0.717) is 18.7 Å². The number of nitrogens with zero attached hydrogens (tertiary/aromatic N) is 1. The van der Waals surface area contributed by atoms with Gasteiger partial charge < -0.3 is 19.7 Å². The minimum absolute atomic E-state index is 0.000917. The van der Waals surface area contributed by atoms with Crippen molar-refractivity contribution < 1.29 is 19.1 Å². The molecule has 1 aromatic carbocycles. The fraction of sp³-hybridized carbons (Fsp3) is 0.500. The lowest BCUT2D eigenvalue weighted by molar-refractivity contribution is -0.125. The van der Waals surface area contributed by atoms with Crippen LogP contribution in [0.2, 0.25) is 0 Å². The van der Waals surface area contributed by atoms with Crippen LogP contribution in [0.25, 0.3) is 0 Å². The van der Waals surface area contributed by atoms with Gasteiger partial charge in [0.25, 0.3) is 5.91 Å². The van der Waals surface area contributed by atoms with Crippen molar-refractivity contribution in [2.45, 2.75) is 38.6 Å². The van der Waals surface area contributed by atoms with Crippen molar-refractivity contribution in [1.29, 1.82) is 0 Å². The molecule has 0 radical (unpaired) electrons. The maximum atomic E-state index is 12.5. The zero-order valence-electron chi connectivity index (χ0n) is 14.2. The summed E-state index contributed by atoms with van der Waals surface area (Å²) < 4.78 is 5.09. The number of likely N-dealkylation sites (tertiary alicyclic amines) is 1. The molecule has 6 heteroatoms. The second-order valence-electron chi connectivity index (χ2n) is 6.06. The second-order valence-corrected chi connectivity index (χ2v) is 6.06. The van der Waals surface area contributed by atoms with Gasteiger partial charge in [-0.25, -0.2) is 0 Å². The summed E-state index contributed by atoms with van der Waals surface area (Å²) in [5, 5.41) is 2.94. The van der Waals surface area contributed by atoms with Crippen LogP contribution in [0.15, 0.2) is 24.3 Å². The van der Waals surface area contributed by atoms with Crippen LogP contribution in [0.3, 0.4) is 0 Å². The number of ketones is 1. The third kappa shape index (κ3) is 5.08. The van der Waals surface area contributed by atoms with Gasteiger partial charge in [-0.2, -0.15) is 0 Å². The average molecular weight is 332 g/mol. The molecule has 2 rings (SSSR count). The van der Waals surface area contributed by atoms with Crippen LogP contribution >= 0.6 is 0 Å². The number of amides is 2. The minimum Gasteiger partial charge on any atom is -0.497 e. The van der Waals surface area contributed by atoms with Gasteiger partial charge in [0, 0.05) is 37.5 Å². The Balaban J connectivity index is 1.80. The monoisotopic (exact) mass is 332 g/mol. The van der Waals surface area contributed by atoms with Crippen molar-refractivity contribution in [2.24, 2.45) is 0 Å². The molecule has 0 aromatic heterocycles. The Morgan fingerprint density at radius 1 is 1.12 bits per heavy atom. The number of rotatable bonds is 6. The lowest BCUT2D eigenvalue weighted by atomic mass is 10.0. The predicted molar refractivity (Wildman–Crippen MR) is 90.0 cm³/mol. The summed E-state index contributed by atoms with van der Waals surface area (Å²) in [4.78, 5) is 36.9. The van der Waals surface area contributed by atoms with Crippen molar-refractivity contribution in [1.82, 2.24) is 10.2 Å². The van der Waals surface area contributed by atoms with Gasteiger partial charge in [0.1, 0.15) is 11.5 Å². The molecule has 24 heavy (non-hydrogen) atoms. The van der Waals surface area contributed by atoms with Gasteiger partial charge in [-0.1, -0.05) is 0 Å². The summed E-state index contributed by atoms with van der Waals surface area (Å²) in [5.74, 6) is 0.646.